The Hall–Kier alpha value is -3.75. The molecule has 150 valence electrons. The molecule has 0 aromatic heterocycles. The first kappa shape index (κ1) is 20.0. The standard InChI is InChI=1S/C20H19N3O6/c24-18(21-16-4-1-2-5-17(16)23(27)28)13-29-20(26)12-14-7-9-15(10-8-14)22-11-3-6-19(22)25/h1-2,4-5,7-10H,3,6,11-13H2,(H,21,24). The van der Waals surface area contributed by atoms with Crippen LogP contribution in [0.25, 0.3) is 0 Å². The molecule has 1 N–H and O–H groups in total. The molecule has 2 aromatic carbocycles. The number of carbonyl (C=O) groups excluding carboxylic acids is 3. The molecule has 0 saturated carbocycles. The summed E-state index contributed by atoms with van der Waals surface area (Å²) in [6, 6.07) is 12.7. The number of rotatable bonds is 7. The summed E-state index contributed by atoms with van der Waals surface area (Å²) in [7, 11) is 0. The Morgan fingerprint density at radius 3 is 2.52 bits per heavy atom. The van der Waals surface area contributed by atoms with Gasteiger partial charge in [0.05, 0.1) is 11.3 Å². The van der Waals surface area contributed by atoms with E-state index in [1.165, 1.54) is 18.2 Å². The van der Waals surface area contributed by atoms with E-state index >= 15 is 0 Å². The molecular formula is C20H19N3O6. The molecule has 0 radical (unpaired) electrons. The average molecular weight is 397 g/mol. The van der Waals surface area contributed by atoms with E-state index in [4.69, 9.17) is 4.74 Å². The maximum atomic E-state index is 12.0. The zero-order chi connectivity index (χ0) is 20.8. The van der Waals surface area contributed by atoms with Gasteiger partial charge < -0.3 is 15.0 Å². The fourth-order valence-electron chi connectivity index (χ4n) is 3.00. The van der Waals surface area contributed by atoms with Gasteiger partial charge in [0.2, 0.25) is 5.91 Å². The van der Waals surface area contributed by atoms with Crippen LogP contribution < -0.4 is 10.2 Å². The SMILES string of the molecule is O=C(COC(=O)Cc1ccc(N2CCCC2=O)cc1)Nc1ccccc1[N+](=O)[O-]. The lowest BCUT2D eigenvalue weighted by Crippen LogP contribution is -2.23. The normalized spacial score (nSPS) is 13.2. The third-order valence-corrected chi connectivity index (χ3v) is 4.41. The van der Waals surface area contributed by atoms with E-state index in [9.17, 15) is 24.5 Å². The Labute approximate surface area is 166 Å². The highest BCUT2D eigenvalue weighted by molar-refractivity contribution is 5.96. The predicted octanol–water partition coefficient (Wildman–Crippen LogP) is 2.45. The highest BCUT2D eigenvalue weighted by atomic mass is 16.6. The minimum Gasteiger partial charge on any atom is -0.455 e. The van der Waals surface area contributed by atoms with Gasteiger partial charge in [-0.3, -0.25) is 24.5 Å². The third kappa shape index (κ3) is 5.16. The van der Waals surface area contributed by atoms with Crippen molar-refractivity contribution in [3.05, 3.63) is 64.2 Å². The number of esters is 1. The first-order valence-electron chi connectivity index (χ1n) is 9.02. The molecule has 0 bridgehead atoms. The molecule has 0 unspecified atom stereocenters. The number of nitrogens with one attached hydrogen (secondary N) is 1. The highest BCUT2D eigenvalue weighted by Crippen LogP contribution is 2.23. The topological polar surface area (TPSA) is 119 Å². The number of anilines is 2. The smallest absolute Gasteiger partial charge is 0.310 e. The van der Waals surface area contributed by atoms with E-state index in [0.717, 1.165) is 12.1 Å². The largest absolute Gasteiger partial charge is 0.455 e. The van der Waals surface area contributed by atoms with Crippen molar-refractivity contribution in [2.75, 3.05) is 23.4 Å². The van der Waals surface area contributed by atoms with Crippen LogP contribution in [0.2, 0.25) is 0 Å². The van der Waals surface area contributed by atoms with Crippen LogP contribution in [-0.4, -0.2) is 35.9 Å². The molecule has 0 atom stereocenters. The number of amides is 2. The van der Waals surface area contributed by atoms with Crippen LogP contribution in [0.15, 0.2) is 48.5 Å². The van der Waals surface area contributed by atoms with E-state index in [1.807, 2.05) is 0 Å². The van der Waals surface area contributed by atoms with Crippen LogP contribution in [0.1, 0.15) is 18.4 Å². The van der Waals surface area contributed by atoms with E-state index in [2.05, 4.69) is 5.32 Å². The Morgan fingerprint density at radius 1 is 1.14 bits per heavy atom. The zero-order valence-electron chi connectivity index (χ0n) is 15.5. The number of ether oxygens (including phenoxy) is 1. The summed E-state index contributed by atoms with van der Waals surface area (Å²) in [4.78, 5) is 47.7. The van der Waals surface area contributed by atoms with E-state index in [-0.39, 0.29) is 23.7 Å². The molecule has 9 nitrogen and oxygen atoms in total. The van der Waals surface area contributed by atoms with Crippen LogP contribution in [0.4, 0.5) is 17.1 Å². The number of nitro benzene ring substituents is 1. The summed E-state index contributed by atoms with van der Waals surface area (Å²) < 4.78 is 4.94. The number of nitrogens with zero attached hydrogens (tertiary/aromatic N) is 2. The van der Waals surface area contributed by atoms with Crippen molar-refractivity contribution < 1.29 is 24.0 Å². The highest BCUT2D eigenvalue weighted by Gasteiger charge is 2.21. The fraction of sp³-hybridized carbons (Fsp3) is 0.250. The van der Waals surface area contributed by atoms with E-state index in [1.54, 1.807) is 35.2 Å². The van der Waals surface area contributed by atoms with Gasteiger partial charge >= 0.3 is 5.97 Å². The average Bonchev–Trinajstić information content (AvgIpc) is 3.13. The first-order valence-corrected chi connectivity index (χ1v) is 9.02. The molecule has 0 aliphatic carbocycles. The number of nitro groups is 1. The molecule has 1 fully saturated rings. The summed E-state index contributed by atoms with van der Waals surface area (Å²) in [5, 5.41) is 13.3. The van der Waals surface area contributed by atoms with Crippen molar-refractivity contribution >= 4 is 34.8 Å². The van der Waals surface area contributed by atoms with Crippen molar-refractivity contribution in [2.45, 2.75) is 19.3 Å². The van der Waals surface area contributed by atoms with E-state index < -0.39 is 23.4 Å². The van der Waals surface area contributed by atoms with Gasteiger partial charge in [0.1, 0.15) is 5.69 Å². The molecule has 0 spiro atoms. The van der Waals surface area contributed by atoms with Gasteiger partial charge in [0.15, 0.2) is 6.61 Å². The van der Waals surface area contributed by atoms with Crippen LogP contribution in [0.5, 0.6) is 0 Å². The maximum Gasteiger partial charge on any atom is 0.310 e. The van der Waals surface area contributed by atoms with Crippen LogP contribution in [0.3, 0.4) is 0 Å². The van der Waals surface area contributed by atoms with Gasteiger partial charge in [-0.05, 0) is 30.2 Å². The molecule has 2 aromatic rings. The lowest BCUT2D eigenvalue weighted by Gasteiger charge is -2.15. The molecule has 2 amide bonds. The van der Waals surface area contributed by atoms with Crippen molar-refractivity contribution in [3.63, 3.8) is 0 Å². The Kier molecular flexibility index (Phi) is 6.18. The molecule has 29 heavy (non-hydrogen) atoms. The van der Waals surface area contributed by atoms with Crippen LogP contribution in [-0.2, 0) is 25.5 Å². The molecule has 1 heterocycles. The van der Waals surface area contributed by atoms with Crippen LogP contribution in [0, 0.1) is 10.1 Å². The van der Waals surface area contributed by atoms with Gasteiger partial charge in [-0.1, -0.05) is 24.3 Å². The molecule has 1 aliphatic heterocycles. The number of hydrogen-bond donors (Lipinski definition) is 1. The van der Waals surface area contributed by atoms with Gasteiger partial charge in [0.25, 0.3) is 11.6 Å². The second-order valence-corrected chi connectivity index (χ2v) is 6.48. The van der Waals surface area contributed by atoms with Crippen molar-refractivity contribution in [1.29, 1.82) is 0 Å². The van der Waals surface area contributed by atoms with Crippen molar-refractivity contribution in [2.24, 2.45) is 0 Å². The summed E-state index contributed by atoms with van der Waals surface area (Å²) >= 11 is 0. The Bertz CT molecular complexity index is 941. The second-order valence-electron chi connectivity index (χ2n) is 6.48. The first-order chi connectivity index (χ1) is 13.9. The van der Waals surface area contributed by atoms with Crippen LogP contribution >= 0.6 is 0 Å². The van der Waals surface area contributed by atoms with Gasteiger partial charge in [-0.2, -0.15) is 0 Å². The van der Waals surface area contributed by atoms with Gasteiger partial charge in [-0.25, -0.2) is 0 Å². The third-order valence-electron chi connectivity index (χ3n) is 4.41. The Morgan fingerprint density at radius 2 is 1.86 bits per heavy atom. The molecule has 9 heteroatoms. The van der Waals surface area contributed by atoms with Crippen molar-refractivity contribution in [1.82, 2.24) is 0 Å². The summed E-state index contributed by atoms with van der Waals surface area (Å²) in [6.07, 6.45) is 1.34. The van der Waals surface area contributed by atoms with Gasteiger partial charge in [0, 0.05) is 24.7 Å². The molecular weight excluding hydrogens is 378 g/mol. The van der Waals surface area contributed by atoms with Crippen molar-refractivity contribution in [3.8, 4) is 0 Å². The number of hydrogen-bond acceptors (Lipinski definition) is 6. The summed E-state index contributed by atoms with van der Waals surface area (Å²) in [6.45, 7) is 0.139. The maximum absolute atomic E-state index is 12.0. The van der Waals surface area contributed by atoms with Gasteiger partial charge in [-0.15, -0.1) is 0 Å². The number of carbonyl (C=O) groups is 3. The molecule has 1 saturated heterocycles. The second kappa shape index (κ2) is 8.96. The fourth-order valence-corrected chi connectivity index (χ4v) is 3.00. The minimum absolute atomic E-state index is 0.0330. The van der Waals surface area contributed by atoms with E-state index in [0.29, 0.717) is 18.5 Å². The lowest BCUT2D eigenvalue weighted by atomic mass is 10.1. The monoisotopic (exact) mass is 397 g/mol. The Balaban J connectivity index is 1.49. The molecule has 3 rings (SSSR count). The summed E-state index contributed by atoms with van der Waals surface area (Å²) in [5.41, 5.74) is 1.26. The minimum atomic E-state index is -0.671. The summed E-state index contributed by atoms with van der Waals surface area (Å²) in [5.74, 6) is -1.19. The number of benzene rings is 2. The number of para-hydroxylation sites is 2. The molecule has 1 aliphatic rings. The lowest BCUT2D eigenvalue weighted by molar-refractivity contribution is -0.383. The predicted molar refractivity (Wildman–Crippen MR) is 104 cm³/mol. The quantitative estimate of drug-likeness (QED) is 0.435. The zero-order valence-corrected chi connectivity index (χ0v) is 15.5.